The van der Waals surface area contributed by atoms with Gasteiger partial charge in [0.25, 0.3) is 0 Å². The van der Waals surface area contributed by atoms with E-state index in [0.29, 0.717) is 13.0 Å². The number of carbonyl (C=O) groups excluding carboxylic acids is 1. The monoisotopic (exact) mass is 520 g/mol. The van der Waals surface area contributed by atoms with Crippen LogP contribution in [0.5, 0.6) is 0 Å². The maximum atomic E-state index is 13.3. The first-order valence-corrected chi connectivity index (χ1v) is 12.7. The molecule has 2 fully saturated rings. The van der Waals surface area contributed by atoms with E-state index < -0.39 is 12.1 Å². The highest BCUT2D eigenvalue weighted by molar-refractivity contribution is 5.79. The van der Waals surface area contributed by atoms with Crippen LogP contribution in [-0.2, 0) is 35.5 Å². The molecule has 5 rings (SSSR count). The van der Waals surface area contributed by atoms with E-state index in [-0.39, 0.29) is 17.3 Å². The first kappa shape index (κ1) is 27.1. The Morgan fingerprint density at radius 3 is 2.24 bits per heavy atom. The standard InChI is InChI=1S/C26H31FN2O.C2HF3O2/c27-24-9-6-20(7-10-24)19-29-25(30)11-13-26(29)12-2-15-28(16-14-26)18-21-5-8-22-3-1-4-23(22)17-21;3-2(4,5)1(6)7/h5-10,17H,1-4,11-16,18-19H2;(H,6,7). The second kappa shape index (κ2) is 11.2. The van der Waals surface area contributed by atoms with Crippen molar-refractivity contribution in [2.24, 2.45) is 0 Å². The van der Waals surface area contributed by atoms with Crippen LogP contribution in [0.4, 0.5) is 17.6 Å². The lowest BCUT2D eigenvalue weighted by Crippen LogP contribution is -2.45. The van der Waals surface area contributed by atoms with Crippen molar-refractivity contribution in [3.8, 4) is 0 Å². The van der Waals surface area contributed by atoms with Crippen molar-refractivity contribution in [2.45, 2.75) is 76.2 Å². The number of amides is 1. The Morgan fingerprint density at radius 1 is 0.865 bits per heavy atom. The Kier molecular flexibility index (Phi) is 8.21. The van der Waals surface area contributed by atoms with E-state index in [9.17, 15) is 22.4 Å². The van der Waals surface area contributed by atoms with E-state index in [0.717, 1.165) is 50.9 Å². The van der Waals surface area contributed by atoms with Gasteiger partial charge in [-0.05, 0) is 85.9 Å². The van der Waals surface area contributed by atoms with Gasteiger partial charge in [0.2, 0.25) is 5.91 Å². The number of carboxylic acids is 1. The van der Waals surface area contributed by atoms with Crippen molar-refractivity contribution in [2.75, 3.05) is 13.1 Å². The van der Waals surface area contributed by atoms with Crippen molar-refractivity contribution in [1.29, 1.82) is 0 Å². The summed E-state index contributed by atoms with van der Waals surface area (Å²) in [4.78, 5) is 26.3. The Labute approximate surface area is 214 Å². The summed E-state index contributed by atoms with van der Waals surface area (Å²) in [7, 11) is 0. The summed E-state index contributed by atoms with van der Waals surface area (Å²) in [6.45, 7) is 3.74. The number of aryl methyl sites for hydroxylation is 2. The minimum absolute atomic E-state index is 0.0296. The van der Waals surface area contributed by atoms with Gasteiger partial charge in [0, 0.05) is 31.6 Å². The predicted molar refractivity (Wildman–Crippen MR) is 130 cm³/mol. The molecule has 2 aliphatic heterocycles. The Morgan fingerprint density at radius 2 is 1.54 bits per heavy atom. The molecule has 5 nitrogen and oxygen atoms in total. The molecule has 0 saturated carbocycles. The first-order valence-electron chi connectivity index (χ1n) is 12.7. The lowest BCUT2D eigenvalue weighted by molar-refractivity contribution is -0.192. The van der Waals surface area contributed by atoms with Gasteiger partial charge in [-0.25, -0.2) is 9.18 Å². The van der Waals surface area contributed by atoms with E-state index in [2.05, 4.69) is 28.0 Å². The molecular weight excluding hydrogens is 488 g/mol. The average Bonchev–Trinajstić information content (AvgIpc) is 3.36. The predicted octanol–water partition coefficient (Wildman–Crippen LogP) is 5.50. The van der Waals surface area contributed by atoms with E-state index >= 15 is 0 Å². The molecule has 1 atom stereocenters. The van der Waals surface area contributed by atoms with Crippen LogP contribution in [0.1, 0.15) is 60.8 Å². The lowest BCUT2D eigenvalue weighted by atomic mass is 9.87. The van der Waals surface area contributed by atoms with Crippen LogP contribution in [0, 0.1) is 5.82 Å². The van der Waals surface area contributed by atoms with Crippen LogP contribution >= 0.6 is 0 Å². The summed E-state index contributed by atoms with van der Waals surface area (Å²) in [6.07, 6.45) is 3.50. The van der Waals surface area contributed by atoms with Crippen molar-refractivity contribution < 1.29 is 32.3 Å². The van der Waals surface area contributed by atoms with E-state index in [1.54, 1.807) is 5.56 Å². The molecule has 2 aromatic rings. The summed E-state index contributed by atoms with van der Waals surface area (Å²) in [5.74, 6) is -2.73. The molecule has 1 spiro atoms. The van der Waals surface area contributed by atoms with Crippen molar-refractivity contribution >= 4 is 11.9 Å². The van der Waals surface area contributed by atoms with Gasteiger partial charge in [0.1, 0.15) is 5.82 Å². The van der Waals surface area contributed by atoms with Gasteiger partial charge < -0.3 is 10.0 Å². The lowest BCUT2D eigenvalue weighted by Gasteiger charge is -2.38. The molecule has 37 heavy (non-hydrogen) atoms. The fraction of sp³-hybridized carbons (Fsp3) is 0.500. The maximum Gasteiger partial charge on any atom is 0.490 e. The number of carboxylic acid groups (broad SMARTS) is 1. The summed E-state index contributed by atoms with van der Waals surface area (Å²) in [5, 5.41) is 7.12. The highest BCUT2D eigenvalue weighted by Gasteiger charge is 2.45. The Balaban J connectivity index is 0.000000405. The van der Waals surface area contributed by atoms with Gasteiger partial charge in [0.15, 0.2) is 0 Å². The molecule has 0 bridgehead atoms. The summed E-state index contributed by atoms with van der Waals surface area (Å²) >= 11 is 0. The van der Waals surface area contributed by atoms with Crippen LogP contribution in [0.25, 0.3) is 0 Å². The molecule has 1 aliphatic carbocycles. The smallest absolute Gasteiger partial charge is 0.475 e. The molecule has 2 aromatic carbocycles. The zero-order chi connectivity index (χ0) is 26.6. The number of nitrogens with zero attached hydrogens (tertiary/aromatic N) is 2. The van der Waals surface area contributed by atoms with Crippen molar-refractivity contribution in [3.05, 3.63) is 70.5 Å². The molecule has 2 heterocycles. The number of carbonyl (C=O) groups is 2. The number of hydrogen-bond donors (Lipinski definition) is 1. The molecular formula is C28H32F4N2O3. The Hall–Kier alpha value is -2.94. The third-order valence-electron chi connectivity index (χ3n) is 7.75. The average molecular weight is 521 g/mol. The van der Waals surface area contributed by atoms with Crippen molar-refractivity contribution in [1.82, 2.24) is 9.80 Å². The molecule has 2 saturated heterocycles. The number of rotatable bonds is 4. The van der Waals surface area contributed by atoms with E-state index in [1.807, 2.05) is 12.1 Å². The minimum atomic E-state index is -5.08. The summed E-state index contributed by atoms with van der Waals surface area (Å²) in [6, 6.07) is 13.7. The molecule has 0 aromatic heterocycles. The number of halogens is 4. The van der Waals surface area contributed by atoms with Gasteiger partial charge >= 0.3 is 12.1 Å². The molecule has 1 amide bonds. The highest BCUT2D eigenvalue weighted by atomic mass is 19.4. The van der Waals surface area contributed by atoms with Gasteiger partial charge in [-0.3, -0.25) is 9.69 Å². The third-order valence-corrected chi connectivity index (χ3v) is 7.75. The fourth-order valence-electron chi connectivity index (χ4n) is 5.80. The number of fused-ring (bicyclic) bond motifs is 1. The molecule has 1 N–H and O–H groups in total. The number of hydrogen-bond acceptors (Lipinski definition) is 3. The SMILES string of the molecule is O=C(O)C(F)(F)F.O=C1CCC2(CCCN(Cc3ccc4c(c3)CCC4)CC2)N1Cc1ccc(F)cc1. The van der Waals surface area contributed by atoms with Gasteiger partial charge in [-0.15, -0.1) is 0 Å². The normalized spacial score (nSPS) is 21.9. The molecule has 200 valence electrons. The molecule has 3 aliphatic rings. The number of benzene rings is 2. The zero-order valence-electron chi connectivity index (χ0n) is 20.7. The van der Waals surface area contributed by atoms with Gasteiger partial charge in [-0.1, -0.05) is 30.3 Å². The summed E-state index contributed by atoms with van der Waals surface area (Å²) < 4.78 is 45.0. The highest BCUT2D eigenvalue weighted by Crippen LogP contribution is 2.40. The van der Waals surface area contributed by atoms with Crippen LogP contribution in [0.3, 0.4) is 0 Å². The number of alkyl halides is 3. The van der Waals surface area contributed by atoms with E-state index in [1.165, 1.54) is 42.5 Å². The van der Waals surface area contributed by atoms with Gasteiger partial charge in [0.05, 0.1) is 0 Å². The largest absolute Gasteiger partial charge is 0.490 e. The van der Waals surface area contributed by atoms with Crippen LogP contribution in [0.15, 0.2) is 42.5 Å². The molecule has 1 unspecified atom stereocenters. The van der Waals surface area contributed by atoms with Crippen LogP contribution in [0.2, 0.25) is 0 Å². The maximum absolute atomic E-state index is 13.3. The molecule has 9 heteroatoms. The number of likely N-dealkylation sites (tertiary alicyclic amines) is 2. The third kappa shape index (κ3) is 6.69. The van der Waals surface area contributed by atoms with Crippen molar-refractivity contribution in [3.63, 3.8) is 0 Å². The quantitative estimate of drug-likeness (QED) is 0.542. The van der Waals surface area contributed by atoms with Gasteiger partial charge in [-0.2, -0.15) is 13.2 Å². The summed E-state index contributed by atoms with van der Waals surface area (Å²) in [5.41, 5.74) is 5.50. The topological polar surface area (TPSA) is 60.9 Å². The zero-order valence-corrected chi connectivity index (χ0v) is 20.7. The Bertz CT molecular complexity index is 1120. The van der Waals surface area contributed by atoms with Crippen LogP contribution < -0.4 is 0 Å². The van der Waals surface area contributed by atoms with E-state index in [4.69, 9.17) is 9.90 Å². The minimum Gasteiger partial charge on any atom is -0.475 e. The molecule has 0 radical (unpaired) electrons. The second-order valence-corrected chi connectivity index (χ2v) is 10.2. The fourth-order valence-corrected chi connectivity index (χ4v) is 5.80. The second-order valence-electron chi connectivity index (χ2n) is 10.2. The van der Waals surface area contributed by atoms with Crippen LogP contribution in [-0.4, -0.2) is 51.6 Å². The first-order chi connectivity index (χ1) is 17.6. The number of aliphatic carboxylic acids is 1.